The molecule has 0 amide bonds. The number of hydrogen-bond acceptors (Lipinski definition) is 2. The van der Waals surface area contributed by atoms with E-state index in [2.05, 4.69) is 30.7 Å². The first-order valence-electron chi connectivity index (χ1n) is 11.8. The molecule has 0 saturated carbocycles. The number of hydrogen-bond donors (Lipinski definition) is 0. The Hall–Kier alpha value is -0.430. The van der Waals surface area contributed by atoms with E-state index in [0.29, 0.717) is 19.8 Å². The predicted molar refractivity (Wildman–Crippen MR) is 119 cm³/mol. The molecule has 0 aromatic rings. The molecule has 7 heteroatoms. The summed E-state index contributed by atoms with van der Waals surface area (Å²) < 4.78 is 74.3. The van der Waals surface area contributed by atoms with Crippen LogP contribution in [0.1, 0.15) is 87.5 Å². The highest BCUT2D eigenvalue weighted by atomic mass is 19.4. The summed E-state index contributed by atoms with van der Waals surface area (Å²) >= 11 is 0. The lowest BCUT2D eigenvalue weighted by Gasteiger charge is -2.59. The third-order valence-corrected chi connectivity index (χ3v) is 9.34. The van der Waals surface area contributed by atoms with Crippen molar-refractivity contribution in [3.63, 3.8) is 0 Å². The molecular formula is C24H45F5N2. The van der Waals surface area contributed by atoms with Gasteiger partial charge in [0.2, 0.25) is 0 Å². The Bertz CT molecular complexity index is 587. The minimum Gasteiger partial charge on any atom is -0.304 e. The van der Waals surface area contributed by atoms with Crippen molar-refractivity contribution in [2.45, 2.75) is 105 Å². The van der Waals surface area contributed by atoms with Gasteiger partial charge in [0.15, 0.2) is 0 Å². The molecule has 0 spiro atoms. The second-order valence-corrected chi connectivity index (χ2v) is 10.7. The number of piperazine rings is 1. The van der Waals surface area contributed by atoms with Gasteiger partial charge in [-0.1, -0.05) is 41.5 Å². The standard InChI is InChI=1S/C24H45F5N2/c1-10-19(5,18-20(6,11-2)31-16-14-30(9)15-17-31)21(7,12-3)23(25,26)22(8,13-4)24(27,28)29/h10-18H2,1-9H3. The molecule has 1 aliphatic rings. The van der Waals surface area contributed by atoms with E-state index < -0.39 is 34.8 Å². The molecule has 0 aromatic carbocycles. The second-order valence-electron chi connectivity index (χ2n) is 10.7. The van der Waals surface area contributed by atoms with Crippen LogP contribution in [0.5, 0.6) is 0 Å². The number of alkyl halides is 5. The monoisotopic (exact) mass is 456 g/mol. The van der Waals surface area contributed by atoms with E-state index in [1.165, 1.54) is 13.8 Å². The highest BCUT2D eigenvalue weighted by molar-refractivity contribution is 5.10. The van der Waals surface area contributed by atoms with E-state index in [9.17, 15) is 13.2 Å². The van der Waals surface area contributed by atoms with Crippen LogP contribution in [0.15, 0.2) is 0 Å². The van der Waals surface area contributed by atoms with Crippen molar-refractivity contribution in [1.29, 1.82) is 0 Å². The van der Waals surface area contributed by atoms with E-state index in [4.69, 9.17) is 0 Å². The molecule has 0 radical (unpaired) electrons. The van der Waals surface area contributed by atoms with Crippen LogP contribution in [0, 0.1) is 16.2 Å². The second kappa shape index (κ2) is 9.44. The molecule has 1 heterocycles. The van der Waals surface area contributed by atoms with Crippen molar-refractivity contribution < 1.29 is 22.0 Å². The number of nitrogens with zero attached hydrogens (tertiary/aromatic N) is 2. The first-order chi connectivity index (χ1) is 13.9. The Morgan fingerprint density at radius 2 is 1.10 bits per heavy atom. The van der Waals surface area contributed by atoms with Crippen LogP contribution in [0.4, 0.5) is 22.0 Å². The Morgan fingerprint density at radius 3 is 1.42 bits per heavy atom. The van der Waals surface area contributed by atoms with Gasteiger partial charge in [-0.05, 0) is 58.4 Å². The van der Waals surface area contributed by atoms with Crippen LogP contribution >= 0.6 is 0 Å². The van der Waals surface area contributed by atoms with Gasteiger partial charge in [0, 0.05) is 37.1 Å². The number of likely N-dealkylation sites (N-methyl/N-ethyl adjacent to an activating group) is 1. The molecule has 1 rings (SSSR count). The molecule has 31 heavy (non-hydrogen) atoms. The van der Waals surface area contributed by atoms with E-state index in [0.717, 1.165) is 32.6 Å². The third-order valence-electron chi connectivity index (χ3n) is 9.34. The lowest BCUT2D eigenvalue weighted by molar-refractivity contribution is -0.340. The van der Waals surface area contributed by atoms with Gasteiger partial charge in [0.05, 0.1) is 0 Å². The van der Waals surface area contributed by atoms with Crippen molar-refractivity contribution in [3.8, 4) is 0 Å². The zero-order valence-corrected chi connectivity index (χ0v) is 21.1. The van der Waals surface area contributed by atoms with E-state index in [1.807, 2.05) is 6.92 Å². The lowest BCUT2D eigenvalue weighted by Crippen LogP contribution is -2.64. The molecule has 1 saturated heterocycles. The largest absolute Gasteiger partial charge is 0.399 e. The molecule has 1 aliphatic heterocycles. The first kappa shape index (κ1) is 28.6. The van der Waals surface area contributed by atoms with Gasteiger partial charge < -0.3 is 4.90 Å². The third kappa shape index (κ3) is 4.64. The summed E-state index contributed by atoms with van der Waals surface area (Å²) in [6.07, 6.45) is -4.05. The topological polar surface area (TPSA) is 6.48 Å². The van der Waals surface area contributed by atoms with Crippen molar-refractivity contribution in [2.75, 3.05) is 33.2 Å². The summed E-state index contributed by atoms with van der Waals surface area (Å²) in [5.74, 6) is -3.91. The fourth-order valence-corrected chi connectivity index (χ4v) is 5.59. The minimum absolute atomic E-state index is 0.0153. The van der Waals surface area contributed by atoms with Gasteiger partial charge >= 0.3 is 6.18 Å². The van der Waals surface area contributed by atoms with Crippen molar-refractivity contribution in [3.05, 3.63) is 0 Å². The van der Waals surface area contributed by atoms with Crippen molar-refractivity contribution in [2.24, 2.45) is 16.2 Å². The molecule has 1 fully saturated rings. The van der Waals surface area contributed by atoms with Crippen molar-refractivity contribution in [1.82, 2.24) is 9.80 Å². The van der Waals surface area contributed by atoms with Gasteiger partial charge in [0.25, 0.3) is 5.92 Å². The zero-order valence-electron chi connectivity index (χ0n) is 21.1. The zero-order chi connectivity index (χ0) is 24.5. The Balaban J connectivity index is 3.50. The quantitative estimate of drug-likeness (QED) is 0.320. The number of halogens is 5. The van der Waals surface area contributed by atoms with Crippen LogP contribution in [0.3, 0.4) is 0 Å². The van der Waals surface area contributed by atoms with E-state index in [1.54, 1.807) is 13.8 Å². The first-order valence-corrected chi connectivity index (χ1v) is 11.8. The fourth-order valence-electron chi connectivity index (χ4n) is 5.59. The number of rotatable bonds is 10. The Kier molecular flexibility index (Phi) is 8.71. The molecular weight excluding hydrogens is 411 g/mol. The molecule has 0 aromatic heterocycles. The molecule has 4 unspecified atom stereocenters. The summed E-state index contributed by atoms with van der Waals surface area (Å²) in [6, 6.07) is 0. The van der Waals surface area contributed by atoms with Gasteiger partial charge in [0.1, 0.15) is 5.41 Å². The Labute approximate surface area is 186 Å². The van der Waals surface area contributed by atoms with Gasteiger partial charge in [-0.3, -0.25) is 4.90 Å². The SMILES string of the molecule is CCC(C)(CC(C)(CC)C(C)(CC)C(F)(F)C(C)(CC)C(F)(F)F)N1CCN(C)CC1. The summed E-state index contributed by atoms with van der Waals surface area (Å²) in [5, 5.41) is 0. The van der Waals surface area contributed by atoms with E-state index >= 15 is 8.78 Å². The maximum absolute atomic E-state index is 16.1. The fraction of sp³-hybridized carbons (Fsp3) is 1.00. The smallest absolute Gasteiger partial charge is 0.304 e. The lowest BCUT2D eigenvalue weighted by atomic mass is 9.51. The van der Waals surface area contributed by atoms with Crippen LogP contribution in [0.25, 0.3) is 0 Å². The average Bonchev–Trinajstić information content (AvgIpc) is 2.71. The van der Waals surface area contributed by atoms with Crippen LogP contribution in [0.2, 0.25) is 0 Å². The molecule has 186 valence electrons. The maximum atomic E-state index is 16.1. The summed E-state index contributed by atoms with van der Waals surface area (Å²) in [7, 11) is 2.06. The van der Waals surface area contributed by atoms with Crippen LogP contribution < -0.4 is 0 Å². The molecule has 2 nitrogen and oxygen atoms in total. The molecule has 0 aliphatic carbocycles. The normalized spacial score (nSPS) is 25.4. The maximum Gasteiger partial charge on any atom is 0.399 e. The average molecular weight is 457 g/mol. The van der Waals surface area contributed by atoms with Crippen LogP contribution in [-0.2, 0) is 0 Å². The van der Waals surface area contributed by atoms with Gasteiger partial charge in [-0.25, -0.2) is 8.78 Å². The summed E-state index contributed by atoms with van der Waals surface area (Å²) in [4.78, 5) is 4.60. The summed E-state index contributed by atoms with van der Waals surface area (Å²) in [5.41, 5.74) is -6.20. The highest BCUT2D eigenvalue weighted by Gasteiger charge is 2.73. The summed E-state index contributed by atoms with van der Waals surface area (Å²) in [6.45, 7) is 16.2. The molecule has 0 bridgehead atoms. The molecule has 0 N–H and O–H groups in total. The van der Waals surface area contributed by atoms with Crippen LogP contribution in [-0.4, -0.2) is 60.7 Å². The Morgan fingerprint density at radius 1 is 0.645 bits per heavy atom. The molecule has 4 atom stereocenters. The minimum atomic E-state index is -4.98. The predicted octanol–water partition coefficient (Wildman–Crippen LogP) is 7.24. The van der Waals surface area contributed by atoms with Crippen molar-refractivity contribution >= 4 is 0 Å². The van der Waals surface area contributed by atoms with Gasteiger partial charge in [-0.2, -0.15) is 13.2 Å². The van der Waals surface area contributed by atoms with Gasteiger partial charge in [-0.15, -0.1) is 0 Å². The van der Waals surface area contributed by atoms with E-state index in [-0.39, 0.29) is 12.0 Å². The highest BCUT2D eigenvalue weighted by Crippen LogP contribution is 2.66.